The number of esters is 1. The topological polar surface area (TPSA) is 97.3 Å². The number of amidine groups is 1. The molecule has 1 atom stereocenters. The molecule has 1 N–H and O–H groups in total. The van der Waals surface area contributed by atoms with Crippen molar-refractivity contribution in [3.05, 3.63) is 90.0 Å². The van der Waals surface area contributed by atoms with Gasteiger partial charge in [-0.1, -0.05) is 42.1 Å². The maximum absolute atomic E-state index is 13.3. The molecular weight excluding hydrogens is 502 g/mol. The first-order valence-corrected chi connectivity index (χ1v) is 13.2. The Bertz CT molecular complexity index is 1290. The van der Waals surface area contributed by atoms with Crippen molar-refractivity contribution in [2.45, 2.75) is 25.0 Å². The number of hydrogen-bond acceptors (Lipinski definition) is 7. The van der Waals surface area contributed by atoms with E-state index < -0.39 is 11.2 Å². The minimum atomic E-state index is -0.643. The molecule has 1 aliphatic heterocycles. The van der Waals surface area contributed by atoms with Crippen molar-refractivity contribution < 1.29 is 23.9 Å². The Morgan fingerprint density at radius 1 is 1.03 bits per heavy atom. The molecule has 1 saturated heterocycles. The van der Waals surface area contributed by atoms with E-state index in [4.69, 9.17) is 14.5 Å². The van der Waals surface area contributed by atoms with Crippen LogP contribution in [0.2, 0.25) is 0 Å². The summed E-state index contributed by atoms with van der Waals surface area (Å²) in [6.45, 7) is 2.47. The molecule has 3 aromatic rings. The average molecular weight is 532 g/mol. The summed E-state index contributed by atoms with van der Waals surface area (Å²) >= 11 is 1.25. The van der Waals surface area contributed by atoms with Gasteiger partial charge in [0.1, 0.15) is 11.0 Å². The Kier molecular flexibility index (Phi) is 9.16. The van der Waals surface area contributed by atoms with Gasteiger partial charge >= 0.3 is 5.97 Å². The highest BCUT2D eigenvalue weighted by Crippen LogP contribution is 2.30. The van der Waals surface area contributed by atoms with Gasteiger partial charge in [0.15, 0.2) is 5.17 Å². The predicted octanol–water partition coefficient (Wildman–Crippen LogP) is 5.07. The minimum absolute atomic E-state index is 0.0578. The van der Waals surface area contributed by atoms with E-state index >= 15 is 0 Å². The molecule has 196 valence electrons. The van der Waals surface area contributed by atoms with Crippen LogP contribution in [0.5, 0.6) is 5.75 Å². The van der Waals surface area contributed by atoms with Crippen molar-refractivity contribution in [2.24, 2.45) is 4.99 Å². The Hall–Kier alpha value is -4.11. The molecule has 0 saturated carbocycles. The standard InChI is InChI=1S/C29H29N3O5S/c1-3-37-28(35)21-9-11-23(12-10-21)31-29-32(18-17-20-7-5-4-6-8-20)26(33)19-25(38-29)27(34)30-22-13-15-24(36-2)16-14-22/h4-16,25H,3,17-19H2,1-2H3,(H,30,34)/t25-/m1/s1. The normalized spacial score (nSPS) is 16.3. The molecule has 0 unspecified atom stereocenters. The van der Waals surface area contributed by atoms with Crippen molar-refractivity contribution >= 4 is 46.1 Å². The van der Waals surface area contributed by atoms with Gasteiger partial charge in [-0.05, 0) is 67.4 Å². The second-order valence-corrected chi connectivity index (χ2v) is 9.64. The largest absolute Gasteiger partial charge is 0.497 e. The molecule has 0 spiro atoms. The van der Waals surface area contributed by atoms with Gasteiger partial charge < -0.3 is 14.8 Å². The van der Waals surface area contributed by atoms with Crippen LogP contribution in [0, 0.1) is 0 Å². The maximum Gasteiger partial charge on any atom is 0.338 e. The summed E-state index contributed by atoms with van der Waals surface area (Å²) < 4.78 is 10.2. The van der Waals surface area contributed by atoms with Crippen molar-refractivity contribution in [3.8, 4) is 5.75 Å². The van der Waals surface area contributed by atoms with Gasteiger partial charge in [-0.3, -0.25) is 14.5 Å². The molecule has 3 aromatic carbocycles. The molecule has 9 heteroatoms. The van der Waals surface area contributed by atoms with Gasteiger partial charge in [0.2, 0.25) is 11.8 Å². The number of rotatable bonds is 9. The second-order valence-electron chi connectivity index (χ2n) is 8.47. The number of thioether (sulfide) groups is 1. The third-order valence-corrected chi connectivity index (χ3v) is 7.05. The number of aliphatic imine (C=N–C) groups is 1. The van der Waals surface area contributed by atoms with E-state index in [9.17, 15) is 14.4 Å². The molecular formula is C29H29N3O5S. The Morgan fingerprint density at radius 2 is 1.74 bits per heavy atom. The molecule has 38 heavy (non-hydrogen) atoms. The Balaban J connectivity index is 1.54. The monoisotopic (exact) mass is 531 g/mol. The number of carbonyl (C=O) groups is 3. The summed E-state index contributed by atoms with van der Waals surface area (Å²) in [5.41, 5.74) is 2.70. The van der Waals surface area contributed by atoms with Crippen LogP contribution in [0.25, 0.3) is 0 Å². The van der Waals surface area contributed by atoms with E-state index in [0.29, 0.717) is 40.8 Å². The highest BCUT2D eigenvalue weighted by Gasteiger charge is 2.35. The number of hydrogen-bond donors (Lipinski definition) is 1. The van der Waals surface area contributed by atoms with Crippen molar-refractivity contribution in [3.63, 3.8) is 0 Å². The zero-order chi connectivity index (χ0) is 26.9. The van der Waals surface area contributed by atoms with E-state index in [0.717, 1.165) is 5.56 Å². The summed E-state index contributed by atoms with van der Waals surface area (Å²) in [5, 5.41) is 2.68. The molecule has 0 bridgehead atoms. The van der Waals surface area contributed by atoms with Gasteiger partial charge in [0, 0.05) is 18.7 Å². The fourth-order valence-corrected chi connectivity index (χ4v) is 4.97. The molecule has 8 nitrogen and oxygen atoms in total. The number of benzene rings is 3. The number of nitrogens with zero attached hydrogens (tertiary/aromatic N) is 2. The quantitative estimate of drug-likeness (QED) is 0.387. The lowest BCUT2D eigenvalue weighted by molar-refractivity contribution is -0.129. The second kappa shape index (κ2) is 12.9. The van der Waals surface area contributed by atoms with Crippen LogP contribution in [0.4, 0.5) is 11.4 Å². The van der Waals surface area contributed by atoms with E-state index in [1.807, 2.05) is 30.3 Å². The number of amides is 2. The Morgan fingerprint density at radius 3 is 2.39 bits per heavy atom. The lowest BCUT2D eigenvalue weighted by Gasteiger charge is -2.32. The molecule has 0 radical (unpaired) electrons. The minimum Gasteiger partial charge on any atom is -0.497 e. The number of carbonyl (C=O) groups excluding carboxylic acids is 3. The van der Waals surface area contributed by atoms with Crippen molar-refractivity contribution in [1.29, 1.82) is 0 Å². The van der Waals surface area contributed by atoms with E-state index in [-0.39, 0.29) is 24.8 Å². The molecule has 0 aromatic heterocycles. The Labute approximate surface area is 226 Å². The zero-order valence-electron chi connectivity index (χ0n) is 21.3. The van der Waals surface area contributed by atoms with Crippen LogP contribution in [-0.2, 0) is 20.7 Å². The molecule has 1 fully saturated rings. The van der Waals surface area contributed by atoms with Gasteiger partial charge in [-0.2, -0.15) is 0 Å². The first-order chi connectivity index (χ1) is 18.5. The fourth-order valence-electron chi connectivity index (χ4n) is 3.84. The van der Waals surface area contributed by atoms with Crippen molar-refractivity contribution in [1.82, 2.24) is 4.90 Å². The summed E-state index contributed by atoms with van der Waals surface area (Å²) in [6.07, 6.45) is 0.707. The number of nitrogens with one attached hydrogen (secondary N) is 1. The number of ether oxygens (including phenoxy) is 2. The smallest absolute Gasteiger partial charge is 0.338 e. The van der Waals surface area contributed by atoms with E-state index in [1.165, 1.54) is 11.8 Å². The average Bonchev–Trinajstić information content (AvgIpc) is 2.94. The molecule has 2 amide bonds. The molecule has 0 aliphatic carbocycles. The van der Waals surface area contributed by atoms with Crippen LogP contribution in [0.3, 0.4) is 0 Å². The summed E-state index contributed by atoms with van der Waals surface area (Å²) in [6, 6.07) is 23.6. The van der Waals surface area contributed by atoms with Gasteiger partial charge in [-0.25, -0.2) is 9.79 Å². The summed E-state index contributed by atoms with van der Waals surface area (Å²) in [7, 11) is 1.58. The van der Waals surface area contributed by atoms with Crippen LogP contribution >= 0.6 is 11.8 Å². The maximum atomic E-state index is 13.3. The molecule has 1 heterocycles. The first-order valence-electron chi connectivity index (χ1n) is 12.3. The zero-order valence-corrected chi connectivity index (χ0v) is 22.1. The van der Waals surface area contributed by atoms with E-state index in [1.54, 1.807) is 67.5 Å². The highest BCUT2D eigenvalue weighted by molar-refractivity contribution is 8.15. The lowest BCUT2D eigenvalue weighted by Crippen LogP contribution is -2.46. The van der Waals surface area contributed by atoms with Crippen LogP contribution in [-0.4, -0.2) is 53.4 Å². The van der Waals surface area contributed by atoms with Gasteiger partial charge in [0.25, 0.3) is 0 Å². The SMILES string of the molecule is CCOC(=O)c1ccc(N=C2S[C@@H](C(=O)Nc3ccc(OC)cc3)CC(=O)N2CCc2ccccc2)cc1. The fraction of sp³-hybridized carbons (Fsp3) is 0.241. The van der Waals surface area contributed by atoms with Crippen LogP contribution < -0.4 is 10.1 Å². The summed E-state index contributed by atoms with van der Waals surface area (Å²) in [4.78, 5) is 44.7. The molecule has 4 rings (SSSR count). The van der Waals surface area contributed by atoms with E-state index in [2.05, 4.69) is 5.32 Å². The van der Waals surface area contributed by atoms with Crippen molar-refractivity contribution in [2.75, 3.05) is 25.6 Å². The van der Waals surface area contributed by atoms with Gasteiger partial charge in [0.05, 0.1) is 25.0 Å². The summed E-state index contributed by atoms with van der Waals surface area (Å²) in [5.74, 6) is -0.172. The predicted molar refractivity (Wildman–Crippen MR) is 149 cm³/mol. The number of anilines is 1. The number of methoxy groups -OCH3 is 1. The third kappa shape index (κ3) is 7.01. The van der Waals surface area contributed by atoms with Gasteiger partial charge in [-0.15, -0.1) is 0 Å². The highest BCUT2D eigenvalue weighted by atomic mass is 32.2. The van der Waals surface area contributed by atoms with Crippen LogP contribution in [0.15, 0.2) is 83.9 Å². The first kappa shape index (κ1) is 26.9. The van der Waals surface area contributed by atoms with Crippen LogP contribution in [0.1, 0.15) is 29.3 Å². The third-order valence-electron chi connectivity index (χ3n) is 5.86. The molecule has 1 aliphatic rings. The lowest BCUT2D eigenvalue weighted by atomic mass is 10.1.